The molecule has 10 heteroatoms. The second-order valence-corrected chi connectivity index (χ2v) is 8.45. The molecule has 6 nitrogen and oxygen atoms in total. The van der Waals surface area contributed by atoms with E-state index in [1.54, 1.807) is 24.0 Å². The van der Waals surface area contributed by atoms with Gasteiger partial charge in [-0.05, 0) is 25.1 Å². The zero-order valence-electron chi connectivity index (χ0n) is 18.0. The summed E-state index contributed by atoms with van der Waals surface area (Å²) < 4.78 is 54.9. The molecular weight excluding hydrogens is 442 g/mol. The molecule has 0 radical (unpaired) electrons. The molecule has 2 bridgehead atoms. The maximum Gasteiger partial charge on any atom is 0.390 e. The quantitative estimate of drug-likeness (QED) is 0.641. The fourth-order valence-electron chi connectivity index (χ4n) is 5.26. The average molecular weight is 467 g/mol. The standard InChI is InChI=1S/C23H25F4N3O3/c1-2-28-21(32)19-15(12-31)18-11-30-17(20(19)29(18)10-9-23(25,26)27)8-7-14(22(30)33)13-5-3-4-6-16(13)24/h3-8,15,18-20,31H,2,9-12H2,1H3,(H,28,32)/t15-,18-,19+,20+/m1/s1. The minimum absolute atomic E-state index is 0.00590. The van der Waals surface area contributed by atoms with Gasteiger partial charge < -0.3 is 15.0 Å². The van der Waals surface area contributed by atoms with E-state index in [4.69, 9.17) is 0 Å². The molecule has 2 aliphatic heterocycles. The van der Waals surface area contributed by atoms with Gasteiger partial charge in [-0.2, -0.15) is 13.2 Å². The molecule has 1 saturated heterocycles. The van der Waals surface area contributed by atoms with Crippen molar-refractivity contribution in [1.82, 2.24) is 14.8 Å². The first-order chi connectivity index (χ1) is 15.7. The van der Waals surface area contributed by atoms with Crippen molar-refractivity contribution < 1.29 is 27.5 Å². The van der Waals surface area contributed by atoms with Gasteiger partial charge in [-0.15, -0.1) is 0 Å². The van der Waals surface area contributed by atoms with E-state index in [1.807, 2.05) is 0 Å². The molecule has 33 heavy (non-hydrogen) atoms. The van der Waals surface area contributed by atoms with Gasteiger partial charge in [0, 0.05) is 49.5 Å². The lowest BCUT2D eigenvalue weighted by molar-refractivity contribution is -0.140. The number of benzene rings is 1. The Morgan fingerprint density at radius 2 is 1.91 bits per heavy atom. The Morgan fingerprint density at radius 3 is 2.55 bits per heavy atom. The molecule has 178 valence electrons. The number of alkyl halides is 3. The van der Waals surface area contributed by atoms with Crippen LogP contribution in [0, 0.1) is 17.7 Å². The molecule has 1 aromatic carbocycles. The van der Waals surface area contributed by atoms with Crippen LogP contribution in [0.25, 0.3) is 11.1 Å². The van der Waals surface area contributed by atoms with Gasteiger partial charge in [0.05, 0.1) is 23.9 Å². The fourth-order valence-corrected chi connectivity index (χ4v) is 5.26. The number of nitrogens with zero attached hydrogens (tertiary/aromatic N) is 2. The molecule has 1 amide bonds. The van der Waals surface area contributed by atoms with E-state index in [-0.39, 0.29) is 30.1 Å². The molecule has 1 aromatic heterocycles. The van der Waals surface area contributed by atoms with Crippen molar-refractivity contribution >= 4 is 5.91 Å². The van der Waals surface area contributed by atoms with Gasteiger partial charge >= 0.3 is 6.18 Å². The van der Waals surface area contributed by atoms with E-state index in [2.05, 4.69) is 5.32 Å². The normalized spacial score (nSPS) is 24.5. The van der Waals surface area contributed by atoms with Crippen LogP contribution in [0.15, 0.2) is 41.2 Å². The Morgan fingerprint density at radius 1 is 1.18 bits per heavy atom. The van der Waals surface area contributed by atoms with Gasteiger partial charge in [0.2, 0.25) is 5.91 Å². The number of amides is 1. The smallest absolute Gasteiger partial charge is 0.390 e. The highest BCUT2D eigenvalue weighted by Crippen LogP contribution is 2.48. The summed E-state index contributed by atoms with van der Waals surface area (Å²) in [6.07, 6.45) is -5.46. The summed E-state index contributed by atoms with van der Waals surface area (Å²) in [5.41, 5.74) is 0.181. The van der Waals surface area contributed by atoms with Crippen LogP contribution in [-0.4, -0.2) is 52.4 Å². The van der Waals surface area contributed by atoms with Gasteiger partial charge in [0.25, 0.3) is 5.56 Å². The lowest BCUT2D eigenvalue weighted by atomic mass is 9.86. The summed E-state index contributed by atoms with van der Waals surface area (Å²) in [6.45, 7) is 1.30. The van der Waals surface area contributed by atoms with Crippen LogP contribution in [0.1, 0.15) is 25.1 Å². The number of nitrogens with one attached hydrogen (secondary N) is 1. The summed E-state index contributed by atoms with van der Waals surface area (Å²) in [7, 11) is 0. The van der Waals surface area contributed by atoms with Gasteiger partial charge in [0.15, 0.2) is 0 Å². The van der Waals surface area contributed by atoms with Crippen LogP contribution in [0.5, 0.6) is 0 Å². The maximum absolute atomic E-state index is 14.3. The summed E-state index contributed by atoms with van der Waals surface area (Å²) in [6, 6.07) is 7.43. The first-order valence-electron chi connectivity index (χ1n) is 10.9. The van der Waals surface area contributed by atoms with Crippen LogP contribution in [-0.2, 0) is 11.3 Å². The minimum atomic E-state index is -4.39. The maximum atomic E-state index is 14.3. The van der Waals surface area contributed by atoms with E-state index in [9.17, 15) is 32.3 Å². The molecule has 4 atom stereocenters. The number of aliphatic hydroxyl groups excluding tert-OH is 1. The molecule has 1 fully saturated rings. The van der Waals surface area contributed by atoms with Crippen LogP contribution in [0.2, 0.25) is 0 Å². The molecule has 0 spiro atoms. The van der Waals surface area contributed by atoms with E-state index in [0.29, 0.717) is 12.2 Å². The number of hydrogen-bond acceptors (Lipinski definition) is 4. The fraction of sp³-hybridized carbons (Fsp3) is 0.478. The molecule has 0 aliphatic carbocycles. The van der Waals surface area contributed by atoms with E-state index < -0.39 is 54.5 Å². The molecule has 3 heterocycles. The number of carbonyl (C=O) groups excluding carboxylic acids is 1. The predicted molar refractivity (Wildman–Crippen MR) is 113 cm³/mol. The molecule has 2 aliphatic rings. The predicted octanol–water partition coefficient (Wildman–Crippen LogP) is 2.71. The molecule has 0 unspecified atom stereocenters. The van der Waals surface area contributed by atoms with Crippen LogP contribution in [0.4, 0.5) is 17.6 Å². The first kappa shape index (κ1) is 23.4. The van der Waals surface area contributed by atoms with Crippen LogP contribution in [0.3, 0.4) is 0 Å². The largest absolute Gasteiger partial charge is 0.396 e. The number of rotatable bonds is 6. The third-order valence-electron chi connectivity index (χ3n) is 6.64. The third kappa shape index (κ3) is 4.17. The number of fused-ring (bicyclic) bond motifs is 4. The first-order valence-corrected chi connectivity index (χ1v) is 10.9. The number of aromatic nitrogens is 1. The second-order valence-electron chi connectivity index (χ2n) is 8.45. The number of carbonyl (C=O) groups is 1. The molecule has 4 rings (SSSR count). The Labute approximate surface area is 187 Å². The lowest BCUT2D eigenvalue weighted by Crippen LogP contribution is -2.47. The van der Waals surface area contributed by atoms with Crippen molar-refractivity contribution in [3.8, 4) is 11.1 Å². The zero-order valence-corrected chi connectivity index (χ0v) is 18.0. The van der Waals surface area contributed by atoms with Gasteiger partial charge in [-0.1, -0.05) is 18.2 Å². The van der Waals surface area contributed by atoms with Crippen molar-refractivity contribution in [3.63, 3.8) is 0 Å². The van der Waals surface area contributed by atoms with Crippen LogP contribution < -0.4 is 10.9 Å². The van der Waals surface area contributed by atoms with E-state index in [0.717, 1.165) is 0 Å². The minimum Gasteiger partial charge on any atom is -0.396 e. The van der Waals surface area contributed by atoms with Crippen LogP contribution >= 0.6 is 0 Å². The van der Waals surface area contributed by atoms with Gasteiger partial charge in [0.1, 0.15) is 5.82 Å². The Hall–Kier alpha value is -2.72. The highest BCUT2D eigenvalue weighted by Gasteiger charge is 2.56. The third-order valence-corrected chi connectivity index (χ3v) is 6.64. The Bertz CT molecular complexity index is 1100. The number of halogens is 4. The molecule has 2 N–H and O–H groups in total. The monoisotopic (exact) mass is 467 g/mol. The topological polar surface area (TPSA) is 74.6 Å². The SMILES string of the molecule is CCNC(=O)[C@H]1[C@H](CO)[C@H]2Cn3c(ccc(-c4ccccc4F)c3=O)[C@@H]1N2CCC(F)(F)F. The summed E-state index contributed by atoms with van der Waals surface area (Å²) in [5.74, 6) is -2.40. The average Bonchev–Trinajstić information content (AvgIpc) is 2.98. The summed E-state index contributed by atoms with van der Waals surface area (Å²) in [5, 5.41) is 12.8. The molecule has 0 saturated carbocycles. The van der Waals surface area contributed by atoms with E-state index >= 15 is 0 Å². The van der Waals surface area contributed by atoms with Crippen molar-refractivity contribution in [2.45, 2.75) is 38.1 Å². The highest BCUT2D eigenvalue weighted by atomic mass is 19.4. The lowest BCUT2D eigenvalue weighted by Gasteiger charge is -2.38. The Kier molecular flexibility index (Phi) is 6.32. The van der Waals surface area contributed by atoms with Gasteiger partial charge in [-0.25, -0.2) is 4.39 Å². The molecular formula is C23H25F4N3O3. The Balaban J connectivity index is 1.83. The second kappa shape index (κ2) is 8.90. The van der Waals surface area contributed by atoms with Crippen molar-refractivity contribution in [2.75, 3.05) is 19.7 Å². The molecule has 2 aromatic rings. The summed E-state index contributed by atoms with van der Waals surface area (Å²) in [4.78, 5) is 27.9. The van der Waals surface area contributed by atoms with Crippen molar-refractivity contribution in [1.29, 1.82) is 0 Å². The zero-order chi connectivity index (χ0) is 23.9. The number of aliphatic hydroxyl groups is 1. The van der Waals surface area contributed by atoms with Crippen molar-refractivity contribution in [3.05, 3.63) is 58.3 Å². The van der Waals surface area contributed by atoms with E-state index in [1.165, 1.54) is 28.8 Å². The highest BCUT2D eigenvalue weighted by molar-refractivity contribution is 5.80. The van der Waals surface area contributed by atoms with Gasteiger partial charge in [-0.3, -0.25) is 14.5 Å². The summed E-state index contributed by atoms with van der Waals surface area (Å²) >= 11 is 0. The number of hydrogen-bond donors (Lipinski definition) is 2. The van der Waals surface area contributed by atoms with Crippen molar-refractivity contribution in [2.24, 2.45) is 11.8 Å². The number of pyridine rings is 1.